The second-order valence-electron chi connectivity index (χ2n) is 5.05. The Kier molecular flexibility index (Phi) is 4.41. The van der Waals surface area contributed by atoms with Crippen molar-refractivity contribution in [3.8, 4) is 5.75 Å². The number of aryl methyl sites for hydroxylation is 1. The Morgan fingerprint density at radius 1 is 1.38 bits per heavy atom. The summed E-state index contributed by atoms with van der Waals surface area (Å²) >= 11 is 7.28. The summed E-state index contributed by atoms with van der Waals surface area (Å²) in [6.45, 7) is 1.68. The molecule has 3 rings (SSSR count). The van der Waals surface area contributed by atoms with Gasteiger partial charge in [-0.05, 0) is 19.1 Å². The molecule has 1 amide bonds. The van der Waals surface area contributed by atoms with E-state index in [1.807, 2.05) is 7.05 Å². The number of rotatable bonds is 4. The fourth-order valence-corrected chi connectivity index (χ4v) is 2.99. The molecule has 9 heteroatoms. The number of phenols is 1. The zero-order valence-corrected chi connectivity index (χ0v) is 14.4. The molecule has 0 saturated heterocycles. The van der Waals surface area contributed by atoms with Gasteiger partial charge < -0.3 is 15.7 Å². The first-order valence-corrected chi connectivity index (χ1v) is 8.15. The molecule has 0 unspecified atom stereocenters. The van der Waals surface area contributed by atoms with Gasteiger partial charge >= 0.3 is 0 Å². The lowest BCUT2D eigenvalue weighted by molar-refractivity contribution is 0.103. The van der Waals surface area contributed by atoms with E-state index in [0.29, 0.717) is 32.1 Å². The van der Waals surface area contributed by atoms with Gasteiger partial charge in [-0.2, -0.15) is 5.10 Å². The standard InChI is InChI=1S/C15H14ClN5O2S/c1-8-10(22)4-3-9(16)13(8)19-14(23)11-7-17-15(24-11)18-12-5-6-21(2)20-12/h3-7,22H,1-2H3,(H,19,23)(H,17,18,20). The third kappa shape index (κ3) is 3.34. The first kappa shape index (κ1) is 16.3. The van der Waals surface area contributed by atoms with Crippen LogP contribution < -0.4 is 10.6 Å². The summed E-state index contributed by atoms with van der Waals surface area (Å²) in [6.07, 6.45) is 3.27. The van der Waals surface area contributed by atoms with Crippen LogP contribution >= 0.6 is 22.9 Å². The van der Waals surface area contributed by atoms with Gasteiger partial charge in [0.2, 0.25) is 0 Å². The van der Waals surface area contributed by atoms with Crippen molar-refractivity contribution in [1.29, 1.82) is 0 Å². The molecule has 124 valence electrons. The monoisotopic (exact) mass is 363 g/mol. The van der Waals surface area contributed by atoms with Crippen molar-refractivity contribution >= 4 is 45.5 Å². The Bertz CT molecular complexity index is 905. The van der Waals surface area contributed by atoms with Crippen LogP contribution in [0.1, 0.15) is 15.2 Å². The number of benzene rings is 1. The van der Waals surface area contributed by atoms with Crippen molar-refractivity contribution < 1.29 is 9.90 Å². The number of hydrogen-bond donors (Lipinski definition) is 3. The highest BCUT2D eigenvalue weighted by Gasteiger charge is 2.15. The molecule has 0 bridgehead atoms. The second kappa shape index (κ2) is 6.50. The molecule has 0 saturated carbocycles. The maximum absolute atomic E-state index is 12.4. The number of carbonyl (C=O) groups is 1. The summed E-state index contributed by atoms with van der Waals surface area (Å²) in [5, 5.41) is 20.6. The third-order valence-electron chi connectivity index (χ3n) is 3.30. The van der Waals surface area contributed by atoms with E-state index in [2.05, 4.69) is 20.7 Å². The molecular formula is C15H14ClN5O2S. The number of nitrogens with zero attached hydrogens (tertiary/aromatic N) is 3. The molecule has 24 heavy (non-hydrogen) atoms. The number of phenolic OH excluding ortho intramolecular Hbond substituents is 1. The first-order valence-electron chi connectivity index (χ1n) is 6.96. The number of carbonyl (C=O) groups excluding carboxylic acids is 1. The number of thiazole rings is 1. The number of anilines is 3. The number of hydrogen-bond acceptors (Lipinski definition) is 6. The van der Waals surface area contributed by atoms with Crippen LogP contribution in [0.15, 0.2) is 30.6 Å². The summed E-state index contributed by atoms with van der Waals surface area (Å²) in [5.74, 6) is 0.361. The zero-order chi connectivity index (χ0) is 17.3. The Hall–Kier alpha value is -2.58. The molecule has 1 aromatic carbocycles. The van der Waals surface area contributed by atoms with Crippen LogP contribution in [-0.2, 0) is 7.05 Å². The minimum Gasteiger partial charge on any atom is -0.508 e. The molecule has 0 aliphatic carbocycles. The van der Waals surface area contributed by atoms with E-state index in [-0.39, 0.29) is 11.7 Å². The number of amides is 1. The summed E-state index contributed by atoms with van der Waals surface area (Å²) in [7, 11) is 1.81. The number of aromatic nitrogens is 3. The highest BCUT2D eigenvalue weighted by atomic mass is 35.5. The van der Waals surface area contributed by atoms with Gasteiger partial charge in [-0.25, -0.2) is 4.98 Å². The Labute approximate surface area is 146 Å². The molecule has 0 spiro atoms. The predicted molar refractivity (Wildman–Crippen MR) is 94.4 cm³/mol. The van der Waals surface area contributed by atoms with Crippen molar-refractivity contribution in [2.24, 2.45) is 7.05 Å². The molecule has 0 aliphatic heterocycles. The van der Waals surface area contributed by atoms with Gasteiger partial charge in [0.1, 0.15) is 10.6 Å². The van der Waals surface area contributed by atoms with E-state index in [0.717, 1.165) is 0 Å². The number of halogens is 1. The van der Waals surface area contributed by atoms with E-state index in [1.54, 1.807) is 23.9 Å². The van der Waals surface area contributed by atoms with Crippen molar-refractivity contribution in [2.45, 2.75) is 6.92 Å². The van der Waals surface area contributed by atoms with Gasteiger partial charge in [0, 0.05) is 24.9 Å². The second-order valence-corrected chi connectivity index (χ2v) is 6.49. The average molecular weight is 364 g/mol. The lowest BCUT2D eigenvalue weighted by Gasteiger charge is -2.10. The van der Waals surface area contributed by atoms with E-state index >= 15 is 0 Å². The topological polar surface area (TPSA) is 92.1 Å². The Balaban J connectivity index is 1.76. The minimum atomic E-state index is -0.350. The predicted octanol–water partition coefficient (Wildman–Crippen LogP) is 3.54. The van der Waals surface area contributed by atoms with Gasteiger partial charge in [0.25, 0.3) is 5.91 Å². The molecule has 7 nitrogen and oxygen atoms in total. The molecule has 2 aromatic heterocycles. The van der Waals surface area contributed by atoms with E-state index in [1.165, 1.54) is 29.7 Å². The van der Waals surface area contributed by atoms with Crippen LogP contribution in [-0.4, -0.2) is 25.8 Å². The largest absolute Gasteiger partial charge is 0.508 e. The van der Waals surface area contributed by atoms with Crippen LogP contribution in [0.3, 0.4) is 0 Å². The van der Waals surface area contributed by atoms with Crippen LogP contribution in [0.4, 0.5) is 16.6 Å². The van der Waals surface area contributed by atoms with Gasteiger partial charge in [-0.15, -0.1) is 0 Å². The molecular weight excluding hydrogens is 350 g/mol. The van der Waals surface area contributed by atoms with Crippen LogP contribution in [0.25, 0.3) is 0 Å². The third-order valence-corrected chi connectivity index (χ3v) is 4.53. The van der Waals surface area contributed by atoms with Gasteiger partial charge in [0.15, 0.2) is 10.9 Å². The highest BCUT2D eigenvalue weighted by molar-refractivity contribution is 7.17. The van der Waals surface area contributed by atoms with Crippen LogP contribution in [0.5, 0.6) is 5.75 Å². The number of aromatic hydroxyl groups is 1. The summed E-state index contributed by atoms with van der Waals surface area (Å²) in [6, 6.07) is 4.81. The van der Waals surface area contributed by atoms with Gasteiger partial charge in [0.05, 0.1) is 16.9 Å². The maximum Gasteiger partial charge on any atom is 0.267 e. The van der Waals surface area contributed by atoms with Gasteiger partial charge in [-0.3, -0.25) is 9.48 Å². The quantitative estimate of drug-likeness (QED) is 0.659. The van der Waals surface area contributed by atoms with Crippen molar-refractivity contribution in [1.82, 2.24) is 14.8 Å². The molecule has 3 aromatic rings. The summed E-state index contributed by atoms with van der Waals surface area (Å²) < 4.78 is 1.66. The molecule has 3 N–H and O–H groups in total. The minimum absolute atomic E-state index is 0.0662. The van der Waals surface area contributed by atoms with Crippen molar-refractivity contribution in [3.63, 3.8) is 0 Å². The van der Waals surface area contributed by atoms with Crippen LogP contribution in [0, 0.1) is 6.92 Å². The highest BCUT2D eigenvalue weighted by Crippen LogP contribution is 2.32. The maximum atomic E-state index is 12.4. The molecule has 0 radical (unpaired) electrons. The fraction of sp³-hybridized carbons (Fsp3) is 0.133. The fourth-order valence-electron chi connectivity index (χ4n) is 2.02. The Morgan fingerprint density at radius 2 is 2.17 bits per heavy atom. The first-order chi connectivity index (χ1) is 11.4. The van der Waals surface area contributed by atoms with Crippen molar-refractivity contribution in [2.75, 3.05) is 10.6 Å². The zero-order valence-electron chi connectivity index (χ0n) is 12.9. The summed E-state index contributed by atoms with van der Waals surface area (Å²) in [4.78, 5) is 16.9. The summed E-state index contributed by atoms with van der Waals surface area (Å²) in [5.41, 5.74) is 0.890. The average Bonchev–Trinajstić information content (AvgIpc) is 3.17. The van der Waals surface area contributed by atoms with E-state index in [9.17, 15) is 9.90 Å². The molecule has 2 heterocycles. The molecule has 0 atom stereocenters. The van der Waals surface area contributed by atoms with Gasteiger partial charge in [-0.1, -0.05) is 22.9 Å². The molecule has 0 aliphatic rings. The van der Waals surface area contributed by atoms with E-state index < -0.39 is 0 Å². The number of nitrogens with one attached hydrogen (secondary N) is 2. The van der Waals surface area contributed by atoms with Crippen LogP contribution in [0.2, 0.25) is 5.02 Å². The van der Waals surface area contributed by atoms with E-state index in [4.69, 9.17) is 11.6 Å². The van der Waals surface area contributed by atoms with Crippen molar-refractivity contribution in [3.05, 3.63) is 46.1 Å². The molecule has 0 fully saturated rings. The Morgan fingerprint density at radius 3 is 2.88 bits per heavy atom. The SMILES string of the molecule is Cc1c(O)ccc(Cl)c1NC(=O)c1cnc(Nc2ccn(C)n2)s1. The lowest BCUT2D eigenvalue weighted by Crippen LogP contribution is -2.11. The smallest absolute Gasteiger partial charge is 0.267 e. The normalized spacial score (nSPS) is 10.6. The lowest BCUT2D eigenvalue weighted by atomic mass is 10.2.